The van der Waals surface area contributed by atoms with Gasteiger partial charge in [0.15, 0.2) is 0 Å². The fourth-order valence-corrected chi connectivity index (χ4v) is 6.98. The summed E-state index contributed by atoms with van der Waals surface area (Å²) in [5, 5.41) is 0. The van der Waals surface area contributed by atoms with E-state index in [1.807, 2.05) is 0 Å². The molecule has 4 fully saturated rings. The van der Waals surface area contributed by atoms with E-state index in [1.54, 1.807) is 0 Å². The third-order valence-electron chi connectivity index (χ3n) is 5.03. The van der Waals surface area contributed by atoms with Crippen LogP contribution in [0.2, 0.25) is 0 Å². The van der Waals surface area contributed by atoms with Crippen LogP contribution in [0, 0.1) is 17.8 Å². The van der Waals surface area contributed by atoms with Crippen molar-refractivity contribution in [2.24, 2.45) is 17.8 Å². The molecule has 0 aromatic heterocycles. The lowest BCUT2D eigenvalue weighted by molar-refractivity contribution is 0.00550. The third kappa shape index (κ3) is 1.12. The van der Waals surface area contributed by atoms with Crippen LogP contribution in [0.1, 0.15) is 45.4 Å². The summed E-state index contributed by atoms with van der Waals surface area (Å²) in [6.45, 7) is 2.29. The van der Waals surface area contributed by atoms with E-state index in [2.05, 4.69) is 29.5 Å². The van der Waals surface area contributed by atoms with Gasteiger partial charge in [0.1, 0.15) is 0 Å². The van der Waals surface area contributed by atoms with Crippen LogP contribution in [-0.4, -0.2) is 8.30 Å². The predicted molar refractivity (Wildman–Crippen MR) is 69.2 cm³/mol. The Balaban J connectivity index is 2.01. The highest BCUT2D eigenvalue weighted by molar-refractivity contribution is 14.1. The molecule has 3 unspecified atom stereocenters. The average Bonchev–Trinajstić information content (AvgIpc) is 2.12. The fourth-order valence-electron chi connectivity index (χ4n) is 4.58. The van der Waals surface area contributed by atoms with Crippen molar-refractivity contribution in [1.82, 2.24) is 0 Å². The highest BCUT2D eigenvalue weighted by Gasteiger charge is 2.62. The van der Waals surface area contributed by atoms with E-state index in [-0.39, 0.29) is 4.87 Å². The molecule has 4 aliphatic rings. The van der Waals surface area contributed by atoms with E-state index in [4.69, 9.17) is 11.6 Å². The normalized spacial score (nSPS) is 60.6. The molecule has 0 aromatic rings. The Morgan fingerprint density at radius 3 is 2.21 bits per heavy atom. The summed E-state index contributed by atoms with van der Waals surface area (Å²) in [5.74, 6) is 2.86. The van der Waals surface area contributed by atoms with Gasteiger partial charge in [-0.1, -0.05) is 29.5 Å². The molecule has 0 aromatic carbocycles. The van der Waals surface area contributed by atoms with Gasteiger partial charge >= 0.3 is 0 Å². The molecule has 0 N–H and O–H groups in total. The zero-order valence-electron chi connectivity index (χ0n) is 8.73. The zero-order chi connectivity index (χ0) is 9.97. The zero-order valence-corrected chi connectivity index (χ0v) is 11.6. The molecule has 4 rings (SSSR count). The average molecular weight is 325 g/mol. The van der Waals surface area contributed by atoms with Crippen LogP contribution in [0.3, 0.4) is 0 Å². The second-order valence-electron chi connectivity index (χ2n) is 5.73. The van der Waals surface area contributed by atoms with Crippen molar-refractivity contribution in [3.05, 3.63) is 0 Å². The van der Waals surface area contributed by atoms with Crippen LogP contribution in [0.15, 0.2) is 0 Å². The van der Waals surface area contributed by atoms with Gasteiger partial charge in [0.05, 0.1) is 4.87 Å². The summed E-state index contributed by atoms with van der Waals surface area (Å²) in [6, 6.07) is 0. The lowest BCUT2D eigenvalue weighted by Gasteiger charge is -2.63. The SMILES string of the molecule is CCC1(Cl)C2C[C@@H]3C[C@H](C2)CC1(I)C3. The molecule has 0 radical (unpaired) electrons. The standard InChI is InChI=1S/C12H18ClI/c1-2-12(13)10-4-8-3-9(5-10)7-11(12,14)6-8/h8-10H,2-7H2,1H3/t8-,9+,10?,11?,12?. The summed E-state index contributed by atoms with van der Waals surface area (Å²) in [4.78, 5) is 0.140. The molecule has 5 atom stereocenters. The quantitative estimate of drug-likeness (QED) is 0.496. The number of hydrogen-bond acceptors (Lipinski definition) is 0. The minimum atomic E-state index is 0.140. The highest BCUT2D eigenvalue weighted by atomic mass is 127. The van der Waals surface area contributed by atoms with Gasteiger partial charge in [0.25, 0.3) is 0 Å². The first-order valence-corrected chi connectivity index (χ1v) is 7.41. The van der Waals surface area contributed by atoms with Gasteiger partial charge in [-0.3, -0.25) is 0 Å². The van der Waals surface area contributed by atoms with Crippen molar-refractivity contribution >= 4 is 34.2 Å². The number of hydrogen-bond donors (Lipinski definition) is 0. The summed E-state index contributed by atoms with van der Waals surface area (Å²) < 4.78 is 0.440. The third-order valence-corrected chi connectivity index (χ3v) is 8.13. The second kappa shape index (κ2) is 3.03. The van der Waals surface area contributed by atoms with Gasteiger partial charge in [-0.15, -0.1) is 11.6 Å². The van der Waals surface area contributed by atoms with Crippen molar-refractivity contribution in [1.29, 1.82) is 0 Å². The predicted octanol–water partition coefficient (Wildman–Crippen LogP) is 4.39. The molecule has 14 heavy (non-hydrogen) atoms. The number of alkyl halides is 2. The lowest BCUT2D eigenvalue weighted by Crippen LogP contribution is -2.62. The molecule has 0 aliphatic heterocycles. The molecular weight excluding hydrogens is 306 g/mol. The van der Waals surface area contributed by atoms with Crippen LogP contribution >= 0.6 is 34.2 Å². The van der Waals surface area contributed by atoms with Gasteiger partial charge in [-0.25, -0.2) is 0 Å². The molecule has 4 saturated carbocycles. The molecular formula is C12H18ClI. The Bertz CT molecular complexity index is 251. The van der Waals surface area contributed by atoms with E-state index in [0.29, 0.717) is 3.42 Å². The van der Waals surface area contributed by atoms with Gasteiger partial charge < -0.3 is 0 Å². The van der Waals surface area contributed by atoms with Gasteiger partial charge in [0, 0.05) is 3.42 Å². The molecule has 2 heteroatoms. The maximum absolute atomic E-state index is 6.95. The number of halogens is 2. The molecule has 0 nitrogen and oxygen atoms in total. The maximum Gasteiger partial charge on any atom is 0.0617 e. The maximum atomic E-state index is 6.95. The molecule has 4 aliphatic carbocycles. The first-order chi connectivity index (χ1) is 6.57. The Kier molecular flexibility index (Phi) is 2.20. The first-order valence-electron chi connectivity index (χ1n) is 5.95. The van der Waals surface area contributed by atoms with Crippen LogP contribution in [-0.2, 0) is 0 Å². The summed E-state index contributed by atoms with van der Waals surface area (Å²) >= 11 is 9.66. The summed E-state index contributed by atoms with van der Waals surface area (Å²) in [7, 11) is 0. The fraction of sp³-hybridized carbons (Fsp3) is 1.00. The molecule has 80 valence electrons. The van der Waals surface area contributed by atoms with Crippen molar-refractivity contribution < 1.29 is 0 Å². The van der Waals surface area contributed by atoms with E-state index < -0.39 is 0 Å². The Labute approximate surface area is 105 Å². The van der Waals surface area contributed by atoms with E-state index >= 15 is 0 Å². The Morgan fingerprint density at radius 2 is 1.79 bits per heavy atom. The van der Waals surface area contributed by atoms with Crippen molar-refractivity contribution in [2.75, 3.05) is 0 Å². The second-order valence-corrected chi connectivity index (χ2v) is 8.47. The van der Waals surface area contributed by atoms with Crippen LogP contribution in [0.5, 0.6) is 0 Å². The molecule has 4 bridgehead atoms. The molecule has 0 spiro atoms. The number of rotatable bonds is 1. The monoisotopic (exact) mass is 324 g/mol. The van der Waals surface area contributed by atoms with Crippen molar-refractivity contribution in [2.45, 2.75) is 53.7 Å². The van der Waals surface area contributed by atoms with E-state index in [9.17, 15) is 0 Å². The largest absolute Gasteiger partial charge is 0.118 e. The van der Waals surface area contributed by atoms with Gasteiger partial charge in [0.2, 0.25) is 0 Å². The Morgan fingerprint density at radius 1 is 1.21 bits per heavy atom. The van der Waals surface area contributed by atoms with Crippen LogP contribution < -0.4 is 0 Å². The molecule has 0 amide bonds. The minimum Gasteiger partial charge on any atom is -0.118 e. The smallest absolute Gasteiger partial charge is 0.0617 e. The van der Waals surface area contributed by atoms with Gasteiger partial charge in [-0.05, 0) is 56.3 Å². The van der Waals surface area contributed by atoms with Crippen LogP contribution in [0.4, 0.5) is 0 Å². The lowest BCUT2D eigenvalue weighted by atomic mass is 9.51. The Hall–Kier alpha value is 1.02. The molecule has 0 heterocycles. The minimum absolute atomic E-state index is 0.140. The van der Waals surface area contributed by atoms with Crippen molar-refractivity contribution in [3.8, 4) is 0 Å². The topological polar surface area (TPSA) is 0 Å². The van der Waals surface area contributed by atoms with Gasteiger partial charge in [-0.2, -0.15) is 0 Å². The summed E-state index contributed by atoms with van der Waals surface area (Å²) in [6.07, 6.45) is 8.34. The first kappa shape index (κ1) is 10.2. The van der Waals surface area contributed by atoms with Crippen LogP contribution in [0.25, 0.3) is 0 Å². The highest BCUT2D eigenvalue weighted by Crippen LogP contribution is 2.67. The van der Waals surface area contributed by atoms with Crippen molar-refractivity contribution in [3.63, 3.8) is 0 Å². The van der Waals surface area contributed by atoms with E-state index in [1.165, 1.54) is 38.5 Å². The molecule has 0 saturated heterocycles. The summed E-state index contributed by atoms with van der Waals surface area (Å²) in [5.41, 5.74) is 0. The van der Waals surface area contributed by atoms with E-state index in [0.717, 1.165) is 17.8 Å².